The fourth-order valence-electron chi connectivity index (χ4n) is 3.13. The molecule has 0 amide bonds. The van der Waals surface area contributed by atoms with Crippen LogP contribution in [0.15, 0.2) is 0 Å². The van der Waals surface area contributed by atoms with Gasteiger partial charge in [-0.15, -0.1) is 0 Å². The van der Waals surface area contributed by atoms with E-state index in [4.69, 9.17) is 27.6 Å². The first-order valence-corrected chi connectivity index (χ1v) is 18.8. The Morgan fingerprint density at radius 2 is 0.731 bits per heavy atom. The van der Waals surface area contributed by atoms with Crippen molar-refractivity contribution in [1.82, 2.24) is 0 Å². The van der Waals surface area contributed by atoms with Crippen LogP contribution in [0, 0.1) is 0 Å². The maximum atomic E-state index is 4.95. The zero-order chi connectivity index (χ0) is 20.1. The third-order valence-corrected chi connectivity index (χ3v) is 4.68. The van der Waals surface area contributed by atoms with Crippen molar-refractivity contribution in [2.45, 2.75) is 110 Å². The summed E-state index contributed by atoms with van der Waals surface area (Å²) in [5.74, 6) is 0. The Morgan fingerprint density at radius 3 is 0.962 bits per heavy atom. The van der Waals surface area contributed by atoms with Gasteiger partial charge in [0.1, 0.15) is 0 Å². The van der Waals surface area contributed by atoms with Gasteiger partial charge < -0.3 is 4.48 Å². The Kier molecular flexibility index (Phi) is 26.2. The predicted molar refractivity (Wildman–Crippen MR) is 120 cm³/mol. The Balaban J connectivity index is 0. The van der Waals surface area contributed by atoms with E-state index in [0.717, 1.165) is 4.48 Å². The van der Waals surface area contributed by atoms with E-state index in [2.05, 4.69) is 28.1 Å². The van der Waals surface area contributed by atoms with Gasteiger partial charge in [0.25, 0.3) is 0 Å². The number of quaternary nitrogens is 1. The van der Waals surface area contributed by atoms with Gasteiger partial charge >= 0.3 is 42.8 Å². The molecule has 0 saturated carbocycles. The molecule has 5 heteroatoms. The molecular formula is C21H46AuCl3N+. The Hall–Kier alpha value is 1.57. The van der Waals surface area contributed by atoms with Crippen molar-refractivity contribution in [2.75, 3.05) is 27.7 Å². The number of unbranched alkanes of at least 4 members (excludes halogenated alkanes) is 15. The molecule has 0 radical (unpaired) electrons. The van der Waals surface area contributed by atoms with Gasteiger partial charge in [-0.1, -0.05) is 96.8 Å². The van der Waals surface area contributed by atoms with E-state index in [-0.39, 0.29) is 0 Å². The van der Waals surface area contributed by atoms with Crippen molar-refractivity contribution in [3.8, 4) is 0 Å². The molecule has 0 aromatic heterocycles. The third-order valence-electron chi connectivity index (χ3n) is 4.68. The number of hydrogen-bond acceptors (Lipinski definition) is 0. The second-order valence-corrected chi connectivity index (χ2v) is 17.8. The Bertz CT molecular complexity index is 255. The summed E-state index contributed by atoms with van der Waals surface area (Å²) in [5.41, 5.74) is 0. The van der Waals surface area contributed by atoms with Crippen LogP contribution in [0.25, 0.3) is 0 Å². The molecule has 26 heavy (non-hydrogen) atoms. The number of hydrogen-bond donors (Lipinski definition) is 0. The summed E-state index contributed by atoms with van der Waals surface area (Å²) >= 11 is -1.79. The summed E-state index contributed by atoms with van der Waals surface area (Å²) in [6.45, 7) is 3.63. The van der Waals surface area contributed by atoms with Crippen LogP contribution in [0.3, 0.4) is 0 Å². The standard InChI is InChI=1S/C21H46N.Au.3ClH/c1-5-6-7-8-9-10-11-12-13-14-15-16-17-18-19-20-21-22(2,3)4;;;;/h5-21H2,1-4H3;;3*1H/q+1;+3;;;/p-3. The van der Waals surface area contributed by atoms with Crippen LogP contribution >= 0.6 is 27.6 Å². The summed E-state index contributed by atoms with van der Waals surface area (Å²) in [6, 6.07) is 0. The summed E-state index contributed by atoms with van der Waals surface area (Å²) in [4.78, 5) is 0. The van der Waals surface area contributed by atoms with E-state index >= 15 is 0 Å². The minimum absolute atomic E-state index is 1.12. The van der Waals surface area contributed by atoms with Crippen molar-refractivity contribution in [3.63, 3.8) is 0 Å². The first kappa shape index (κ1) is 29.8. The fraction of sp³-hybridized carbons (Fsp3) is 1.00. The number of nitrogens with zero attached hydrogens (tertiary/aromatic N) is 1. The molecule has 0 aromatic carbocycles. The molecule has 0 aliphatic carbocycles. The van der Waals surface area contributed by atoms with Crippen LogP contribution < -0.4 is 0 Å². The molecular weight excluding hydrogens is 570 g/mol. The topological polar surface area (TPSA) is 0 Å². The first-order valence-electron chi connectivity index (χ1n) is 10.7. The molecule has 0 aliphatic heterocycles. The molecule has 1 nitrogen and oxygen atoms in total. The van der Waals surface area contributed by atoms with E-state index < -0.39 is 15.2 Å². The summed E-state index contributed by atoms with van der Waals surface area (Å²) < 4.78 is 1.12. The first-order chi connectivity index (χ1) is 12.3. The summed E-state index contributed by atoms with van der Waals surface area (Å²) in [7, 11) is 21.8. The molecule has 0 unspecified atom stereocenters. The van der Waals surface area contributed by atoms with Gasteiger partial charge in [-0.3, -0.25) is 0 Å². The van der Waals surface area contributed by atoms with Crippen molar-refractivity contribution >= 4 is 27.6 Å². The van der Waals surface area contributed by atoms with Gasteiger partial charge in [0.05, 0.1) is 27.7 Å². The van der Waals surface area contributed by atoms with E-state index in [9.17, 15) is 0 Å². The molecule has 0 spiro atoms. The second kappa shape index (κ2) is 22.9. The molecule has 0 fully saturated rings. The van der Waals surface area contributed by atoms with Crippen LogP contribution in [0.2, 0.25) is 0 Å². The van der Waals surface area contributed by atoms with Crippen LogP contribution in [-0.2, 0) is 15.2 Å². The average Bonchev–Trinajstić information content (AvgIpc) is 2.53. The van der Waals surface area contributed by atoms with Crippen LogP contribution in [0.4, 0.5) is 0 Å². The van der Waals surface area contributed by atoms with Crippen LogP contribution in [-0.4, -0.2) is 32.2 Å². The van der Waals surface area contributed by atoms with Gasteiger partial charge in [-0.2, -0.15) is 0 Å². The average molecular weight is 616 g/mol. The Morgan fingerprint density at radius 1 is 0.500 bits per heavy atom. The zero-order valence-electron chi connectivity index (χ0n) is 17.9. The summed E-state index contributed by atoms with van der Waals surface area (Å²) in [5, 5.41) is 0. The van der Waals surface area contributed by atoms with Gasteiger partial charge in [-0.25, -0.2) is 0 Å². The second-order valence-electron chi connectivity index (χ2n) is 8.45. The van der Waals surface area contributed by atoms with Crippen LogP contribution in [0.5, 0.6) is 0 Å². The monoisotopic (exact) mass is 614 g/mol. The normalized spacial score (nSPS) is 11.9. The van der Waals surface area contributed by atoms with Crippen molar-refractivity contribution < 1.29 is 19.7 Å². The van der Waals surface area contributed by atoms with Gasteiger partial charge in [0, 0.05) is 0 Å². The third kappa shape index (κ3) is 36.5. The number of halogens is 3. The molecule has 0 rings (SSSR count). The molecule has 0 saturated heterocycles. The molecule has 0 aromatic rings. The Labute approximate surface area is 183 Å². The zero-order valence-corrected chi connectivity index (χ0v) is 22.3. The van der Waals surface area contributed by atoms with Gasteiger partial charge in [0.15, 0.2) is 0 Å². The van der Waals surface area contributed by atoms with Crippen molar-refractivity contribution in [2.24, 2.45) is 0 Å². The van der Waals surface area contributed by atoms with Gasteiger partial charge in [0.2, 0.25) is 0 Å². The molecule has 0 aliphatic rings. The van der Waals surface area contributed by atoms with Gasteiger partial charge in [-0.05, 0) is 12.8 Å². The van der Waals surface area contributed by atoms with Crippen LogP contribution in [0.1, 0.15) is 110 Å². The SMILES string of the molecule is CCCCCCCCCCCCCCCCCC[N+](C)(C)C.[Cl][Au]([Cl])[Cl]. The molecule has 0 bridgehead atoms. The minimum atomic E-state index is -1.79. The molecule has 0 heterocycles. The molecule has 166 valence electrons. The quantitative estimate of drug-likeness (QED) is 0.0870. The number of rotatable bonds is 17. The maximum absolute atomic E-state index is 4.95. The van der Waals surface area contributed by atoms with E-state index in [1.165, 1.54) is 109 Å². The predicted octanol–water partition coefficient (Wildman–Crippen LogP) is 9.02. The molecule has 0 N–H and O–H groups in total. The van der Waals surface area contributed by atoms with Crippen molar-refractivity contribution in [3.05, 3.63) is 0 Å². The van der Waals surface area contributed by atoms with E-state index in [0.29, 0.717) is 0 Å². The summed E-state index contributed by atoms with van der Waals surface area (Å²) in [6.07, 6.45) is 23.4. The fourth-order valence-corrected chi connectivity index (χ4v) is 3.13. The van der Waals surface area contributed by atoms with Crippen molar-refractivity contribution in [1.29, 1.82) is 0 Å². The van der Waals surface area contributed by atoms with E-state index in [1.54, 1.807) is 0 Å². The van der Waals surface area contributed by atoms with E-state index in [1.807, 2.05) is 0 Å². The molecule has 0 atom stereocenters.